The summed E-state index contributed by atoms with van der Waals surface area (Å²) in [7, 11) is 0. The molecule has 0 radical (unpaired) electrons. The molecule has 0 spiro atoms. The third-order valence-corrected chi connectivity index (χ3v) is 4.48. The van der Waals surface area contributed by atoms with E-state index in [2.05, 4.69) is 9.98 Å². The Hall–Kier alpha value is -2.41. The zero-order valence-corrected chi connectivity index (χ0v) is 13.6. The van der Waals surface area contributed by atoms with Crippen LogP contribution in [0.4, 0.5) is 14.5 Å². The molecule has 1 saturated heterocycles. The number of carbonyl (C=O) groups is 1. The number of hydrogen-bond acceptors (Lipinski definition) is 5. The fourth-order valence-electron chi connectivity index (χ4n) is 3.30. The summed E-state index contributed by atoms with van der Waals surface area (Å²) in [6.07, 6.45) is 2.52. The quantitative estimate of drug-likeness (QED) is 0.846. The van der Waals surface area contributed by atoms with Crippen molar-refractivity contribution in [1.82, 2.24) is 4.90 Å². The molecule has 3 aliphatic heterocycles. The van der Waals surface area contributed by atoms with Crippen molar-refractivity contribution in [3.05, 3.63) is 41.2 Å². The van der Waals surface area contributed by atoms with Crippen molar-refractivity contribution < 1.29 is 18.3 Å². The smallest absolute Gasteiger partial charge is 0.164 e. The molecule has 25 heavy (non-hydrogen) atoms. The van der Waals surface area contributed by atoms with Gasteiger partial charge in [-0.3, -0.25) is 9.79 Å². The number of rotatable bonds is 3. The molecule has 4 rings (SSSR count). The number of aliphatic imine (C=N–C) groups is 2. The van der Waals surface area contributed by atoms with Gasteiger partial charge < -0.3 is 9.64 Å². The van der Waals surface area contributed by atoms with Crippen LogP contribution in [0.2, 0.25) is 0 Å². The highest BCUT2D eigenvalue weighted by Crippen LogP contribution is 2.31. The van der Waals surface area contributed by atoms with Gasteiger partial charge in [-0.1, -0.05) is 0 Å². The molecule has 7 heteroatoms. The van der Waals surface area contributed by atoms with E-state index in [4.69, 9.17) is 4.74 Å². The summed E-state index contributed by atoms with van der Waals surface area (Å²) in [5.41, 5.74) is 2.15. The molecule has 1 aromatic carbocycles. The second kappa shape index (κ2) is 6.48. The van der Waals surface area contributed by atoms with Gasteiger partial charge >= 0.3 is 0 Å². The standard InChI is InChI=1S/C18H17F2N3O2/c19-11-5-16(20)15-9-13(21-17(15)6-11)7-12-8-14(24)10-18(22-12)23-1-3-25-4-2-23/h5-6,10H,1-4,7-9H2. The van der Waals surface area contributed by atoms with E-state index in [0.717, 1.165) is 6.07 Å². The number of morpholine rings is 1. The van der Waals surface area contributed by atoms with Crippen molar-refractivity contribution in [1.29, 1.82) is 0 Å². The van der Waals surface area contributed by atoms with Crippen LogP contribution in [0.3, 0.4) is 0 Å². The van der Waals surface area contributed by atoms with Crippen LogP contribution in [0, 0.1) is 11.6 Å². The molecule has 0 bridgehead atoms. The van der Waals surface area contributed by atoms with Crippen molar-refractivity contribution in [2.75, 3.05) is 26.3 Å². The molecule has 0 saturated carbocycles. The Bertz CT molecular complexity index is 824. The zero-order valence-electron chi connectivity index (χ0n) is 13.6. The first-order valence-corrected chi connectivity index (χ1v) is 8.26. The van der Waals surface area contributed by atoms with Gasteiger partial charge in [-0.15, -0.1) is 0 Å². The van der Waals surface area contributed by atoms with Crippen molar-refractivity contribution in [3.63, 3.8) is 0 Å². The number of allylic oxidation sites excluding steroid dienone is 1. The van der Waals surface area contributed by atoms with Crippen molar-refractivity contribution in [2.45, 2.75) is 19.3 Å². The van der Waals surface area contributed by atoms with Crippen LogP contribution in [0.15, 0.2) is 34.0 Å². The summed E-state index contributed by atoms with van der Waals surface area (Å²) in [6, 6.07) is 2.11. The van der Waals surface area contributed by atoms with Gasteiger partial charge in [0.1, 0.15) is 17.5 Å². The summed E-state index contributed by atoms with van der Waals surface area (Å²) in [5.74, 6) is -0.559. The van der Waals surface area contributed by atoms with Gasteiger partial charge in [-0.25, -0.2) is 13.8 Å². The van der Waals surface area contributed by atoms with Crippen LogP contribution >= 0.6 is 0 Å². The Morgan fingerprint density at radius 3 is 2.64 bits per heavy atom. The SMILES string of the molecule is O=C1C=C(N2CCOCC2)N=C(CC2=Nc3cc(F)cc(F)c3C2)C1. The van der Waals surface area contributed by atoms with Crippen molar-refractivity contribution in [2.24, 2.45) is 9.98 Å². The lowest BCUT2D eigenvalue weighted by molar-refractivity contribution is -0.113. The number of fused-ring (bicyclic) bond motifs is 1. The molecule has 1 fully saturated rings. The van der Waals surface area contributed by atoms with Crippen LogP contribution in [0.5, 0.6) is 0 Å². The highest BCUT2D eigenvalue weighted by atomic mass is 19.1. The minimum Gasteiger partial charge on any atom is -0.378 e. The van der Waals surface area contributed by atoms with E-state index in [0.29, 0.717) is 67.6 Å². The molecule has 1 aromatic rings. The first kappa shape index (κ1) is 16.1. The number of halogens is 2. The monoisotopic (exact) mass is 345 g/mol. The average molecular weight is 345 g/mol. The van der Waals surface area contributed by atoms with E-state index in [-0.39, 0.29) is 12.2 Å². The summed E-state index contributed by atoms with van der Waals surface area (Å²) in [6.45, 7) is 2.63. The first-order chi connectivity index (χ1) is 12.1. The number of ether oxygens (including phenoxy) is 1. The maximum atomic E-state index is 13.8. The fourth-order valence-corrected chi connectivity index (χ4v) is 3.30. The number of hydrogen-bond donors (Lipinski definition) is 0. The third kappa shape index (κ3) is 3.37. The van der Waals surface area contributed by atoms with Gasteiger partial charge in [0, 0.05) is 61.5 Å². The van der Waals surface area contributed by atoms with Gasteiger partial charge in [-0.05, 0) is 6.07 Å². The van der Waals surface area contributed by atoms with Gasteiger partial charge in [0.25, 0.3) is 0 Å². The summed E-state index contributed by atoms with van der Waals surface area (Å²) in [4.78, 5) is 23.0. The van der Waals surface area contributed by atoms with Gasteiger partial charge in [0.15, 0.2) is 5.78 Å². The molecule has 0 N–H and O–H groups in total. The molecular formula is C18H17F2N3O2. The van der Waals surface area contributed by atoms with Crippen LogP contribution in [0.25, 0.3) is 0 Å². The van der Waals surface area contributed by atoms with Crippen LogP contribution in [-0.2, 0) is 16.0 Å². The predicted octanol–water partition coefficient (Wildman–Crippen LogP) is 2.57. The predicted molar refractivity (Wildman–Crippen MR) is 89.3 cm³/mol. The minimum atomic E-state index is -0.635. The Labute approximate surface area is 143 Å². The largest absolute Gasteiger partial charge is 0.378 e. The summed E-state index contributed by atoms with van der Waals surface area (Å²) < 4.78 is 32.5. The molecule has 0 atom stereocenters. The summed E-state index contributed by atoms with van der Waals surface area (Å²) >= 11 is 0. The summed E-state index contributed by atoms with van der Waals surface area (Å²) in [5, 5.41) is 0. The van der Waals surface area contributed by atoms with Gasteiger partial charge in [0.2, 0.25) is 0 Å². The highest BCUT2D eigenvalue weighted by Gasteiger charge is 2.24. The lowest BCUT2D eigenvalue weighted by Gasteiger charge is -2.30. The highest BCUT2D eigenvalue weighted by molar-refractivity contribution is 6.16. The number of nitrogens with zero attached hydrogens (tertiary/aromatic N) is 3. The molecule has 0 aliphatic carbocycles. The molecule has 0 aromatic heterocycles. The number of carbonyl (C=O) groups excluding carboxylic acids is 1. The van der Waals surface area contributed by atoms with Crippen LogP contribution in [0.1, 0.15) is 18.4 Å². The minimum absolute atomic E-state index is 0.000159. The fraction of sp³-hybridized carbons (Fsp3) is 0.389. The zero-order chi connectivity index (χ0) is 17.4. The second-order valence-electron chi connectivity index (χ2n) is 6.34. The maximum Gasteiger partial charge on any atom is 0.164 e. The molecule has 3 heterocycles. The van der Waals surface area contributed by atoms with E-state index in [9.17, 15) is 13.6 Å². The topological polar surface area (TPSA) is 54.3 Å². The Balaban J connectivity index is 1.52. The van der Waals surface area contributed by atoms with Crippen LogP contribution < -0.4 is 0 Å². The molecule has 0 unspecified atom stereocenters. The Morgan fingerprint density at radius 1 is 1.08 bits per heavy atom. The molecule has 5 nitrogen and oxygen atoms in total. The number of benzene rings is 1. The van der Waals surface area contributed by atoms with Crippen LogP contribution in [-0.4, -0.2) is 48.4 Å². The second-order valence-corrected chi connectivity index (χ2v) is 6.34. The van der Waals surface area contributed by atoms with Gasteiger partial charge in [-0.2, -0.15) is 0 Å². The lowest BCUT2D eigenvalue weighted by Crippen LogP contribution is -2.36. The van der Waals surface area contributed by atoms with Gasteiger partial charge in [0.05, 0.1) is 18.9 Å². The third-order valence-electron chi connectivity index (χ3n) is 4.48. The lowest BCUT2D eigenvalue weighted by atomic mass is 10.0. The molecular weight excluding hydrogens is 328 g/mol. The first-order valence-electron chi connectivity index (χ1n) is 8.26. The Kier molecular flexibility index (Phi) is 4.17. The molecule has 3 aliphatic rings. The number of ketones is 1. The van der Waals surface area contributed by atoms with E-state index >= 15 is 0 Å². The van der Waals surface area contributed by atoms with E-state index in [1.807, 2.05) is 4.90 Å². The average Bonchev–Trinajstić information content (AvgIpc) is 2.97. The van der Waals surface area contributed by atoms with E-state index in [1.54, 1.807) is 6.08 Å². The molecule has 0 amide bonds. The van der Waals surface area contributed by atoms with E-state index in [1.165, 1.54) is 6.07 Å². The Morgan fingerprint density at radius 2 is 1.84 bits per heavy atom. The molecule has 130 valence electrons. The van der Waals surface area contributed by atoms with Crippen molar-refractivity contribution in [3.8, 4) is 0 Å². The van der Waals surface area contributed by atoms with Crippen molar-refractivity contribution >= 4 is 22.9 Å². The normalized spacial score (nSPS) is 20.2. The maximum absolute atomic E-state index is 13.8. The van der Waals surface area contributed by atoms with E-state index < -0.39 is 11.6 Å².